The van der Waals surface area contributed by atoms with E-state index in [0.717, 1.165) is 0 Å². The van der Waals surface area contributed by atoms with E-state index in [2.05, 4.69) is 10.4 Å². The molecule has 0 bridgehead atoms. The molecule has 1 atom stereocenters. The number of aliphatic hydroxyl groups excluding tert-OH is 1. The average molecular weight is 392 g/mol. The summed E-state index contributed by atoms with van der Waals surface area (Å²) in [5.41, 5.74) is -0.214. The summed E-state index contributed by atoms with van der Waals surface area (Å²) in [5.74, 6) is -0.420. The van der Waals surface area contributed by atoms with Gasteiger partial charge in [-0.1, -0.05) is 0 Å². The molecule has 9 nitrogen and oxygen atoms in total. The molecular weight excluding hydrogens is 371 g/mol. The molecule has 2 amide bonds. The number of nitrogens with zero attached hydrogens (tertiary/aromatic N) is 3. The lowest BCUT2D eigenvalue weighted by atomic mass is 10.2. The van der Waals surface area contributed by atoms with Gasteiger partial charge in [-0.05, 0) is 39.0 Å². The Hall–Kier alpha value is -3.14. The van der Waals surface area contributed by atoms with Gasteiger partial charge in [0.05, 0.1) is 18.8 Å². The zero-order chi connectivity index (χ0) is 20.5. The number of anilines is 2. The molecule has 1 aromatic carbocycles. The zero-order valence-corrected chi connectivity index (χ0v) is 15.7. The first-order valence-electron chi connectivity index (χ1n) is 8.61. The highest BCUT2D eigenvalue weighted by Gasteiger charge is 2.32. The first-order chi connectivity index (χ1) is 13.2. The van der Waals surface area contributed by atoms with Crippen LogP contribution in [-0.4, -0.2) is 51.9 Å². The lowest BCUT2D eigenvalue weighted by Crippen LogP contribution is -2.27. The van der Waals surface area contributed by atoms with Crippen molar-refractivity contribution in [2.45, 2.75) is 32.5 Å². The third-order valence-electron chi connectivity index (χ3n) is 3.79. The van der Waals surface area contributed by atoms with Gasteiger partial charge in [-0.25, -0.2) is 18.7 Å². The van der Waals surface area contributed by atoms with E-state index >= 15 is 0 Å². The number of amides is 2. The minimum Gasteiger partial charge on any atom is -0.444 e. The van der Waals surface area contributed by atoms with E-state index in [1.165, 1.54) is 34.0 Å². The topological polar surface area (TPSA) is 106 Å². The van der Waals surface area contributed by atoms with Crippen LogP contribution < -0.4 is 10.2 Å². The van der Waals surface area contributed by atoms with Gasteiger partial charge >= 0.3 is 12.2 Å². The molecule has 0 radical (unpaired) electrons. The smallest absolute Gasteiger partial charge is 0.414 e. The number of aromatic nitrogens is 2. The second-order valence-electron chi connectivity index (χ2n) is 7.21. The van der Waals surface area contributed by atoms with E-state index in [4.69, 9.17) is 14.6 Å². The number of carbonyl (C=O) groups excluding carboxylic acids is 2. The molecule has 2 aromatic rings. The van der Waals surface area contributed by atoms with Crippen molar-refractivity contribution >= 4 is 23.7 Å². The number of aliphatic hydroxyl groups is 1. The van der Waals surface area contributed by atoms with Crippen molar-refractivity contribution in [2.24, 2.45) is 0 Å². The number of nitrogens with one attached hydrogen (secondary N) is 1. The van der Waals surface area contributed by atoms with E-state index in [-0.39, 0.29) is 24.7 Å². The molecule has 2 heterocycles. The largest absolute Gasteiger partial charge is 0.444 e. The summed E-state index contributed by atoms with van der Waals surface area (Å²) in [4.78, 5) is 24.8. The molecular formula is C18H21FN4O5. The molecule has 0 aliphatic carbocycles. The van der Waals surface area contributed by atoms with Crippen LogP contribution in [-0.2, 0) is 9.47 Å². The second kappa shape index (κ2) is 7.47. The molecule has 0 spiro atoms. The molecule has 1 aliphatic rings. The monoisotopic (exact) mass is 392 g/mol. The molecule has 150 valence electrons. The van der Waals surface area contributed by atoms with E-state index in [9.17, 15) is 14.0 Å². The lowest BCUT2D eigenvalue weighted by Gasteiger charge is -2.19. The predicted molar refractivity (Wildman–Crippen MR) is 98.1 cm³/mol. The van der Waals surface area contributed by atoms with Crippen LogP contribution in [0.1, 0.15) is 20.8 Å². The molecule has 1 aliphatic heterocycles. The molecule has 2 N–H and O–H groups in total. The van der Waals surface area contributed by atoms with E-state index in [1.807, 2.05) is 0 Å². The van der Waals surface area contributed by atoms with Crippen LogP contribution >= 0.6 is 0 Å². The third kappa shape index (κ3) is 4.39. The van der Waals surface area contributed by atoms with Gasteiger partial charge < -0.3 is 14.6 Å². The Bertz CT molecular complexity index is 892. The van der Waals surface area contributed by atoms with E-state index < -0.39 is 29.7 Å². The highest BCUT2D eigenvalue weighted by Crippen LogP contribution is 2.25. The van der Waals surface area contributed by atoms with Crippen molar-refractivity contribution in [2.75, 3.05) is 23.4 Å². The van der Waals surface area contributed by atoms with E-state index in [0.29, 0.717) is 5.69 Å². The van der Waals surface area contributed by atoms with Gasteiger partial charge in [0.1, 0.15) is 17.4 Å². The fraction of sp³-hybridized carbons (Fsp3) is 0.389. The van der Waals surface area contributed by atoms with Crippen LogP contribution in [0.25, 0.3) is 5.69 Å². The van der Waals surface area contributed by atoms with Crippen LogP contribution in [0.15, 0.2) is 30.5 Å². The minimum absolute atomic E-state index is 0.132. The third-order valence-corrected chi connectivity index (χ3v) is 3.79. The number of carbonyl (C=O) groups is 2. The van der Waals surface area contributed by atoms with Crippen LogP contribution in [0.5, 0.6) is 0 Å². The molecule has 1 saturated heterocycles. The fourth-order valence-corrected chi connectivity index (χ4v) is 2.61. The number of hydrogen-bond acceptors (Lipinski definition) is 6. The van der Waals surface area contributed by atoms with Crippen LogP contribution in [0, 0.1) is 5.82 Å². The van der Waals surface area contributed by atoms with Gasteiger partial charge in [-0.3, -0.25) is 10.2 Å². The lowest BCUT2D eigenvalue weighted by molar-refractivity contribution is 0.0635. The number of cyclic esters (lactones) is 1. The SMILES string of the molecule is CC(C)(C)OC(=O)Nc1ccn(-c2ccc(N3C[C@H](CO)OC3=O)cc2F)n1. The maximum atomic E-state index is 14.6. The number of hydrogen-bond donors (Lipinski definition) is 2. The summed E-state index contributed by atoms with van der Waals surface area (Å²) in [6, 6.07) is 5.68. The Morgan fingerprint density at radius 1 is 1.43 bits per heavy atom. The molecule has 1 fully saturated rings. The maximum absolute atomic E-state index is 14.6. The summed E-state index contributed by atoms with van der Waals surface area (Å²) in [6.45, 7) is 5.05. The molecule has 28 heavy (non-hydrogen) atoms. The minimum atomic E-state index is -0.667. The van der Waals surface area contributed by atoms with E-state index in [1.54, 1.807) is 26.8 Å². The zero-order valence-electron chi connectivity index (χ0n) is 15.7. The average Bonchev–Trinajstić information content (AvgIpc) is 3.19. The van der Waals surface area contributed by atoms with Crippen LogP contribution in [0.2, 0.25) is 0 Å². The molecule has 0 saturated carbocycles. The number of benzene rings is 1. The van der Waals surface area contributed by atoms with Crippen LogP contribution in [0.3, 0.4) is 0 Å². The summed E-state index contributed by atoms with van der Waals surface area (Å²) in [7, 11) is 0. The highest BCUT2D eigenvalue weighted by molar-refractivity contribution is 5.89. The van der Waals surface area contributed by atoms with Gasteiger partial charge in [0.25, 0.3) is 0 Å². The highest BCUT2D eigenvalue weighted by atomic mass is 19.1. The summed E-state index contributed by atoms with van der Waals surface area (Å²) >= 11 is 0. The molecule has 1 aromatic heterocycles. The molecule has 3 rings (SSSR count). The molecule has 0 unspecified atom stereocenters. The number of ether oxygens (including phenoxy) is 2. The summed E-state index contributed by atoms with van der Waals surface area (Å²) in [6.07, 6.45) is -0.465. The van der Waals surface area contributed by atoms with Crippen molar-refractivity contribution < 1.29 is 28.6 Å². The van der Waals surface area contributed by atoms with Crippen molar-refractivity contribution in [3.05, 3.63) is 36.3 Å². The number of rotatable bonds is 4. The molecule has 10 heteroatoms. The van der Waals surface area contributed by atoms with Gasteiger partial charge in [0.15, 0.2) is 11.6 Å². The Morgan fingerprint density at radius 3 is 2.79 bits per heavy atom. The summed E-state index contributed by atoms with van der Waals surface area (Å²) in [5, 5.41) is 15.7. The van der Waals surface area contributed by atoms with Gasteiger partial charge in [-0.15, -0.1) is 5.10 Å². The van der Waals surface area contributed by atoms with Gasteiger partial charge in [-0.2, -0.15) is 0 Å². The quantitative estimate of drug-likeness (QED) is 0.829. The van der Waals surface area contributed by atoms with Gasteiger partial charge in [0, 0.05) is 12.3 Å². The normalized spacial score (nSPS) is 16.8. The maximum Gasteiger partial charge on any atom is 0.414 e. The standard InChI is InChI=1S/C18H21FN4O5/c1-18(2,3)28-16(25)20-15-6-7-23(21-15)14-5-4-11(8-13(14)19)22-9-12(10-24)27-17(22)26/h4-8,12,24H,9-10H2,1-3H3,(H,20,21,25)/t12-/m1/s1. The first-order valence-corrected chi connectivity index (χ1v) is 8.61. The Morgan fingerprint density at radius 2 is 2.18 bits per heavy atom. The number of halogens is 1. The predicted octanol–water partition coefficient (Wildman–Crippen LogP) is 2.68. The van der Waals surface area contributed by atoms with Crippen molar-refractivity contribution in [3.8, 4) is 5.69 Å². The fourth-order valence-electron chi connectivity index (χ4n) is 2.61. The van der Waals surface area contributed by atoms with Crippen LogP contribution in [0.4, 0.5) is 25.5 Å². The van der Waals surface area contributed by atoms with Crippen molar-refractivity contribution in [1.29, 1.82) is 0 Å². The van der Waals surface area contributed by atoms with Crippen molar-refractivity contribution in [3.63, 3.8) is 0 Å². The summed E-state index contributed by atoms with van der Waals surface area (Å²) < 4.78 is 25.9. The Balaban J connectivity index is 1.74. The second-order valence-corrected chi connectivity index (χ2v) is 7.21. The van der Waals surface area contributed by atoms with Crippen molar-refractivity contribution in [1.82, 2.24) is 9.78 Å². The Kier molecular flexibility index (Phi) is 5.23. The Labute approximate surface area is 160 Å². The van der Waals surface area contributed by atoms with Gasteiger partial charge in [0.2, 0.25) is 0 Å². The first kappa shape index (κ1) is 19.6.